The predicted molar refractivity (Wildman–Crippen MR) is 78.4 cm³/mol. The van der Waals surface area contributed by atoms with Crippen LogP contribution in [0.15, 0.2) is 42.5 Å². The number of carbonyl (C=O) groups excluding carboxylic acids is 1. The molecule has 0 saturated carbocycles. The Bertz CT molecular complexity index is 712. The maximum atomic E-state index is 11.7. The Kier molecular flexibility index (Phi) is 2.87. The van der Waals surface area contributed by atoms with Crippen LogP contribution in [0.5, 0.6) is 0 Å². The van der Waals surface area contributed by atoms with Gasteiger partial charge in [0.1, 0.15) is 0 Å². The Labute approximate surface area is 117 Å². The van der Waals surface area contributed by atoms with E-state index in [0.717, 1.165) is 21.9 Å². The van der Waals surface area contributed by atoms with Gasteiger partial charge in [0.05, 0.1) is 7.11 Å². The summed E-state index contributed by atoms with van der Waals surface area (Å²) in [5.41, 5.74) is 1.28. The van der Waals surface area contributed by atoms with Crippen molar-refractivity contribution in [3.8, 4) is 0 Å². The summed E-state index contributed by atoms with van der Waals surface area (Å²) in [4.78, 5) is 11.7. The Morgan fingerprint density at radius 2 is 1.95 bits per heavy atom. The molecule has 2 unspecified atom stereocenters. The zero-order chi connectivity index (χ0) is 14.3. The molecule has 3 nitrogen and oxygen atoms in total. The first kappa shape index (κ1) is 12.9. The summed E-state index contributed by atoms with van der Waals surface area (Å²) in [5, 5.41) is 12.5. The topological polar surface area (TPSA) is 46.5 Å². The molecular formula is C17H16O3. The lowest BCUT2D eigenvalue weighted by molar-refractivity contribution is -0.153. The Morgan fingerprint density at radius 1 is 1.25 bits per heavy atom. The first-order chi connectivity index (χ1) is 9.58. The maximum absolute atomic E-state index is 11.7. The molecule has 0 saturated heterocycles. The summed E-state index contributed by atoms with van der Waals surface area (Å²) in [5.74, 6) is -0.617. The molecule has 0 radical (unpaired) electrons. The fourth-order valence-electron chi connectivity index (χ4n) is 2.91. The van der Waals surface area contributed by atoms with Crippen molar-refractivity contribution in [2.75, 3.05) is 7.11 Å². The molecule has 1 aliphatic rings. The molecular weight excluding hydrogens is 252 g/mol. The van der Waals surface area contributed by atoms with Gasteiger partial charge in [-0.3, -0.25) is 0 Å². The van der Waals surface area contributed by atoms with E-state index in [2.05, 4.69) is 0 Å². The number of benzene rings is 2. The number of ether oxygens (including phenoxy) is 1. The highest BCUT2D eigenvalue weighted by atomic mass is 16.5. The Hall–Kier alpha value is -2.13. The van der Waals surface area contributed by atoms with Crippen molar-refractivity contribution in [3.05, 3.63) is 53.6 Å². The zero-order valence-electron chi connectivity index (χ0n) is 11.5. The van der Waals surface area contributed by atoms with Crippen molar-refractivity contribution in [1.82, 2.24) is 0 Å². The van der Waals surface area contributed by atoms with Crippen LogP contribution in [0.4, 0.5) is 0 Å². The first-order valence-electron chi connectivity index (χ1n) is 6.55. The standard InChI is InChI=1S/C17H16O3/c1-17(15(18)16(19)20-2)10-9-12-6-3-5-11-7-4-8-13(17)14(11)12/h3-10,15,18H,1-2H3. The number of hydrogen-bond acceptors (Lipinski definition) is 3. The summed E-state index contributed by atoms with van der Waals surface area (Å²) in [6.45, 7) is 1.86. The second-order valence-electron chi connectivity index (χ2n) is 5.29. The van der Waals surface area contributed by atoms with E-state index in [-0.39, 0.29) is 0 Å². The molecule has 0 spiro atoms. The van der Waals surface area contributed by atoms with Gasteiger partial charge in [-0.15, -0.1) is 0 Å². The van der Waals surface area contributed by atoms with Gasteiger partial charge in [-0.2, -0.15) is 0 Å². The van der Waals surface area contributed by atoms with Gasteiger partial charge < -0.3 is 9.84 Å². The van der Waals surface area contributed by atoms with Crippen molar-refractivity contribution in [2.45, 2.75) is 18.4 Å². The van der Waals surface area contributed by atoms with E-state index in [1.807, 2.05) is 55.5 Å². The molecule has 0 fully saturated rings. The lowest BCUT2D eigenvalue weighted by Crippen LogP contribution is -2.42. The third kappa shape index (κ3) is 1.67. The van der Waals surface area contributed by atoms with Crippen LogP contribution in [-0.4, -0.2) is 24.3 Å². The van der Waals surface area contributed by atoms with Crippen LogP contribution in [0, 0.1) is 0 Å². The number of aliphatic hydroxyl groups excluding tert-OH is 1. The number of methoxy groups -OCH3 is 1. The highest BCUT2D eigenvalue weighted by Crippen LogP contribution is 2.40. The minimum atomic E-state index is -1.22. The molecule has 2 aromatic rings. The van der Waals surface area contributed by atoms with E-state index < -0.39 is 17.5 Å². The normalized spacial score (nSPS) is 21.8. The summed E-state index contributed by atoms with van der Waals surface area (Å²) < 4.78 is 4.69. The van der Waals surface area contributed by atoms with Crippen molar-refractivity contribution in [2.24, 2.45) is 0 Å². The van der Waals surface area contributed by atoms with Gasteiger partial charge in [-0.05, 0) is 28.8 Å². The molecule has 2 aromatic carbocycles. The summed E-state index contributed by atoms with van der Waals surface area (Å²) in [6, 6.07) is 12.0. The molecule has 0 aliphatic heterocycles. The average molecular weight is 268 g/mol. The van der Waals surface area contributed by atoms with E-state index >= 15 is 0 Å². The van der Waals surface area contributed by atoms with Gasteiger partial charge in [0.2, 0.25) is 0 Å². The fraction of sp³-hybridized carbons (Fsp3) is 0.235. The molecule has 102 valence electrons. The van der Waals surface area contributed by atoms with Crippen LogP contribution in [0.2, 0.25) is 0 Å². The zero-order valence-corrected chi connectivity index (χ0v) is 11.5. The van der Waals surface area contributed by atoms with E-state index in [9.17, 15) is 9.90 Å². The first-order valence-corrected chi connectivity index (χ1v) is 6.55. The number of aliphatic hydroxyl groups is 1. The van der Waals surface area contributed by atoms with E-state index in [1.165, 1.54) is 7.11 Å². The lowest BCUT2D eigenvalue weighted by Gasteiger charge is -2.34. The van der Waals surface area contributed by atoms with Crippen LogP contribution in [-0.2, 0) is 14.9 Å². The number of rotatable bonds is 2. The monoisotopic (exact) mass is 268 g/mol. The van der Waals surface area contributed by atoms with E-state index in [0.29, 0.717) is 0 Å². The van der Waals surface area contributed by atoms with Gasteiger partial charge >= 0.3 is 5.97 Å². The maximum Gasteiger partial charge on any atom is 0.335 e. The summed E-state index contributed by atoms with van der Waals surface area (Å²) in [6.07, 6.45) is 2.62. The smallest absolute Gasteiger partial charge is 0.335 e. The van der Waals surface area contributed by atoms with Gasteiger partial charge in [0.15, 0.2) is 6.10 Å². The average Bonchev–Trinajstić information content (AvgIpc) is 2.49. The lowest BCUT2D eigenvalue weighted by atomic mass is 9.71. The largest absolute Gasteiger partial charge is 0.467 e. The molecule has 0 amide bonds. The van der Waals surface area contributed by atoms with E-state index in [4.69, 9.17) is 4.74 Å². The molecule has 0 aromatic heterocycles. The molecule has 1 N–H and O–H groups in total. The van der Waals surface area contributed by atoms with Crippen molar-refractivity contribution < 1.29 is 14.6 Å². The molecule has 20 heavy (non-hydrogen) atoms. The van der Waals surface area contributed by atoms with Crippen molar-refractivity contribution in [3.63, 3.8) is 0 Å². The van der Waals surface area contributed by atoms with Crippen molar-refractivity contribution >= 4 is 22.8 Å². The second-order valence-corrected chi connectivity index (χ2v) is 5.29. The summed E-state index contributed by atoms with van der Waals surface area (Å²) in [7, 11) is 1.29. The van der Waals surface area contributed by atoms with Crippen molar-refractivity contribution in [1.29, 1.82) is 0 Å². The summed E-state index contributed by atoms with van der Waals surface area (Å²) >= 11 is 0. The Balaban J connectivity index is 2.26. The quantitative estimate of drug-likeness (QED) is 0.852. The number of hydrogen-bond donors (Lipinski definition) is 1. The fourth-order valence-corrected chi connectivity index (χ4v) is 2.91. The van der Waals surface area contributed by atoms with Crippen LogP contribution < -0.4 is 0 Å². The second kappa shape index (κ2) is 4.46. The third-order valence-corrected chi connectivity index (χ3v) is 4.12. The minimum absolute atomic E-state index is 0.617. The van der Waals surface area contributed by atoms with Crippen LogP contribution in [0.3, 0.4) is 0 Å². The van der Waals surface area contributed by atoms with Gasteiger partial charge in [-0.1, -0.05) is 48.6 Å². The molecule has 3 heteroatoms. The highest BCUT2D eigenvalue weighted by Gasteiger charge is 2.40. The predicted octanol–water partition coefficient (Wildman–Crippen LogP) is 2.66. The number of carbonyl (C=O) groups is 1. The number of esters is 1. The van der Waals surface area contributed by atoms with E-state index in [1.54, 1.807) is 0 Å². The van der Waals surface area contributed by atoms with Gasteiger partial charge in [-0.25, -0.2) is 4.79 Å². The third-order valence-electron chi connectivity index (χ3n) is 4.12. The van der Waals surface area contributed by atoms with Gasteiger partial charge in [0.25, 0.3) is 0 Å². The highest BCUT2D eigenvalue weighted by molar-refractivity contribution is 5.97. The van der Waals surface area contributed by atoms with Crippen LogP contribution in [0.1, 0.15) is 18.1 Å². The molecule has 0 heterocycles. The minimum Gasteiger partial charge on any atom is -0.467 e. The van der Waals surface area contributed by atoms with Crippen LogP contribution in [0.25, 0.3) is 16.8 Å². The van der Waals surface area contributed by atoms with Crippen LogP contribution >= 0.6 is 0 Å². The molecule has 0 bridgehead atoms. The SMILES string of the molecule is COC(=O)C(O)C1(C)C=Cc2cccc3cccc1c23. The molecule has 3 rings (SSSR count). The van der Waals surface area contributed by atoms with Gasteiger partial charge in [0, 0.05) is 5.41 Å². The Morgan fingerprint density at radius 3 is 2.65 bits per heavy atom. The molecule has 2 atom stereocenters. The molecule has 1 aliphatic carbocycles.